The van der Waals surface area contributed by atoms with Crippen molar-refractivity contribution in [3.63, 3.8) is 0 Å². The van der Waals surface area contributed by atoms with Crippen LogP contribution in [0.2, 0.25) is 0 Å². The predicted octanol–water partition coefficient (Wildman–Crippen LogP) is 2.78. The summed E-state index contributed by atoms with van der Waals surface area (Å²) in [4.78, 5) is 26.5. The first-order chi connectivity index (χ1) is 9.59. The molecule has 1 aliphatic heterocycles. The standard InChI is InChI=1S/C15H21NO3S/c1-11-13(15(18)19)7-3-9-16(11)14(17)8-2-5-12-6-4-10-20-12/h4,6,10-11,13H,2-3,5,7-9H2,1H3,(H,18,19)/t11-,13-/m1/s1. The molecule has 1 fully saturated rings. The van der Waals surface area contributed by atoms with Crippen LogP contribution in [-0.2, 0) is 16.0 Å². The molecule has 0 radical (unpaired) electrons. The van der Waals surface area contributed by atoms with Crippen LogP contribution in [0.5, 0.6) is 0 Å². The van der Waals surface area contributed by atoms with Crippen molar-refractivity contribution in [1.29, 1.82) is 0 Å². The Morgan fingerprint density at radius 2 is 2.30 bits per heavy atom. The van der Waals surface area contributed by atoms with E-state index in [9.17, 15) is 14.7 Å². The molecule has 1 amide bonds. The summed E-state index contributed by atoms with van der Waals surface area (Å²) in [5, 5.41) is 11.2. The predicted molar refractivity (Wildman–Crippen MR) is 78.8 cm³/mol. The molecule has 1 saturated heterocycles. The third-order valence-corrected chi connectivity index (χ3v) is 4.96. The minimum Gasteiger partial charge on any atom is -0.481 e. The fourth-order valence-corrected chi connectivity index (χ4v) is 3.59. The van der Waals surface area contributed by atoms with E-state index in [-0.39, 0.29) is 11.9 Å². The lowest BCUT2D eigenvalue weighted by Gasteiger charge is -2.37. The highest BCUT2D eigenvalue weighted by Gasteiger charge is 2.34. The molecule has 1 N–H and O–H groups in total. The van der Waals surface area contributed by atoms with Gasteiger partial charge in [-0.05, 0) is 44.1 Å². The molecule has 0 spiro atoms. The monoisotopic (exact) mass is 295 g/mol. The van der Waals surface area contributed by atoms with Gasteiger partial charge in [-0.25, -0.2) is 0 Å². The van der Waals surface area contributed by atoms with Crippen molar-refractivity contribution in [3.8, 4) is 0 Å². The Hall–Kier alpha value is -1.36. The van der Waals surface area contributed by atoms with Crippen molar-refractivity contribution in [2.24, 2.45) is 5.92 Å². The first-order valence-corrected chi connectivity index (χ1v) is 8.02. The highest BCUT2D eigenvalue weighted by molar-refractivity contribution is 7.09. The normalized spacial score (nSPS) is 22.8. The topological polar surface area (TPSA) is 57.6 Å². The van der Waals surface area contributed by atoms with Gasteiger partial charge in [0.1, 0.15) is 0 Å². The summed E-state index contributed by atoms with van der Waals surface area (Å²) in [5.41, 5.74) is 0. The van der Waals surface area contributed by atoms with Gasteiger partial charge in [-0.2, -0.15) is 0 Å². The molecule has 5 heteroatoms. The largest absolute Gasteiger partial charge is 0.481 e. The zero-order chi connectivity index (χ0) is 14.5. The van der Waals surface area contributed by atoms with Gasteiger partial charge in [-0.15, -0.1) is 11.3 Å². The quantitative estimate of drug-likeness (QED) is 0.908. The maximum atomic E-state index is 12.2. The summed E-state index contributed by atoms with van der Waals surface area (Å²) in [6.07, 6.45) is 3.73. The summed E-state index contributed by atoms with van der Waals surface area (Å²) in [5.74, 6) is -1.10. The highest BCUT2D eigenvalue weighted by Crippen LogP contribution is 2.24. The fourth-order valence-electron chi connectivity index (χ4n) is 2.84. The van der Waals surface area contributed by atoms with E-state index in [0.717, 1.165) is 19.3 Å². The van der Waals surface area contributed by atoms with E-state index >= 15 is 0 Å². The van der Waals surface area contributed by atoms with E-state index in [4.69, 9.17) is 0 Å². The molecular formula is C15H21NO3S. The number of carboxylic acids is 1. The number of aryl methyl sites for hydroxylation is 1. The molecule has 0 saturated carbocycles. The molecule has 2 atom stereocenters. The number of piperidine rings is 1. The van der Waals surface area contributed by atoms with Crippen molar-refractivity contribution in [2.75, 3.05) is 6.54 Å². The summed E-state index contributed by atoms with van der Waals surface area (Å²) in [6, 6.07) is 3.92. The Morgan fingerprint density at radius 3 is 2.95 bits per heavy atom. The lowest BCUT2D eigenvalue weighted by Crippen LogP contribution is -2.49. The van der Waals surface area contributed by atoms with Crippen LogP contribution in [0.1, 0.15) is 37.5 Å². The molecule has 1 aliphatic rings. The number of thiophene rings is 1. The van der Waals surface area contributed by atoms with E-state index in [0.29, 0.717) is 19.4 Å². The summed E-state index contributed by atoms with van der Waals surface area (Å²) >= 11 is 1.71. The number of carboxylic acid groups (broad SMARTS) is 1. The Balaban J connectivity index is 1.83. The highest BCUT2D eigenvalue weighted by atomic mass is 32.1. The van der Waals surface area contributed by atoms with E-state index < -0.39 is 11.9 Å². The van der Waals surface area contributed by atoms with E-state index in [1.807, 2.05) is 18.4 Å². The van der Waals surface area contributed by atoms with Crippen LogP contribution in [-0.4, -0.2) is 34.5 Å². The van der Waals surface area contributed by atoms with E-state index in [1.54, 1.807) is 16.2 Å². The van der Waals surface area contributed by atoms with Crippen LogP contribution in [0.4, 0.5) is 0 Å². The Morgan fingerprint density at radius 1 is 1.50 bits per heavy atom. The van der Waals surface area contributed by atoms with Crippen LogP contribution in [0.25, 0.3) is 0 Å². The van der Waals surface area contributed by atoms with Crippen LogP contribution >= 0.6 is 11.3 Å². The van der Waals surface area contributed by atoms with Crippen molar-refractivity contribution in [2.45, 2.75) is 45.1 Å². The second kappa shape index (κ2) is 6.88. The number of carbonyl (C=O) groups excluding carboxylic acids is 1. The molecule has 1 aromatic rings. The van der Waals surface area contributed by atoms with Crippen LogP contribution in [0, 0.1) is 5.92 Å². The molecule has 0 unspecified atom stereocenters. The second-order valence-electron chi connectivity index (χ2n) is 5.35. The first kappa shape index (κ1) is 15.0. The number of hydrogen-bond donors (Lipinski definition) is 1. The molecule has 2 rings (SSSR count). The third kappa shape index (κ3) is 3.60. The molecule has 1 aromatic heterocycles. The average Bonchev–Trinajstić information content (AvgIpc) is 2.91. The second-order valence-corrected chi connectivity index (χ2v) is 6.38. The molecule has 110 valence electrons. The van der Waals surface area contributed by atoms with Gasteiger partial charge in [-0.3, -0.25) is 9.59 Å². The van der Waals surface area contributed by atoms with Crippen LogP contribution in [0.3, 0.4) is 0 Å². The van der Waals surface area contributed by atoms with Gasteiger partial charge < -0.3 is 10.0 Å². The SMILES string of the molecule is C[C@@H]1[C@H](C(=O)O)CCCN1C(=O)CCCc1cccs1. The number of hydrogen-bond acceptors (Lipinski definition) is 3. The lowest BCUT2D eigenvalue weighted by molar-refractivity contribution is -0.149. The van der Waals surface area contributed by atoms with Gasteiger partial charge >= 0.3 is 5.97 Å². The molecule has 0 bridgehead atoms. The molecule has 20 heavy (non-hydrogen) atoms. The van der Waals surface area contributed by atoms with E-state index in [2.05, 4.69) is 6.07 Å². The fraction of sp³-hybridized carbons (Fsp3) is 0.600. The number of aliphatic carboxylic acids is 1. The molecule has 0 aromatic carbocycles. The van der Waals surface area contributed by atoms with Gasteiger partial charge in [0.15, 0.2) is 0 Å². The summed E-state index contributed by atoms with van der Waals surface area (Å²) < 4.78 is 0. The first-order valence-electron chi connectivity index (χ1n) is 7.14. The minimum atomic E-state index is -0.784. The van der Waals surface area contributed by atoms with Gasteiger partial charge in [0.25, 0.3) is 0 Å². The van der Waals surface area contributed by atoms with Gasteiger partial charge in [0.2, 0.25) is 5.91 Å². The lowest BCUT2D eigenvalue weighted by atomic mass is 9.90. The van der Waals surface area contributed by atoms with Gasteiger partial charge in [0.05, 0.1) is 5.92 Å². The molecule has 2 heterocycles. The van der Waals surface area contributed by atoms with Gasteiger partial charge in [-0.1, -0.05) is 6.07 Å². The van der Waals surface area contributed by atoms with Crippen molar-refractivity contribution >= 4 is 23.2 Å². The van der Waals surface area contributed by atoms with E-state index in [1.165, 1.54) is 4.88 Å². The molecular weight excluding hydrogens is 274 g/mol. The summed E-state index contributed by atoms with van der Waals surface area (Å²) in [7, 11) is 0. The molecule has 0 aliphatic carbocycles. The number of nitrogens with zero attached hydrogens (tertiary/aromatic N) is 1. The van der Waals surface area contributed by atoms with Gasteiger partial charge in [0, 0.05) is 23.9 Å². The van der Waals surface area contributed by atoms with Crippen LogP contribution < -0.4 is 0 Å². The third-order valence-electron chi connectivity index (χ3n) is 4.02. The Labute approximate surface area is 123 Å². The number of rotatable bonds is 5. The minimum absolute atomic E-state index is 0.0972. The zero-order valence-corrected chi connectivity index (χ0v) is 12.6. The van der Waals surface area contributed by atoms with Crippen LogP contribution in [0.15, 0.2) is 17.5 Å². The van der Waals surface area contributed by atoms with Crippen molar-refractivity contribution in [3.05, 3.63) is 22.4 Å². The number of likely N-dealkylation sites (tertiary alicyclic amines) is 1. The van der Waals surface area contributed by atoms with Crippen molar-refractivity contribution < 1.29 is 14.7 Å². The Bertz CT molecular complexity index is 458. The molecule has 4 nitrogen and oxygen atoms in total. The zero-order valence-electron chi connectivity index (χ0n) is 11.7. The maximum Gasteiger partial charge on any atom is 0.308 e. The average molecular weight is 295 g/mol. The Kier molecular flexibility index (Phi) is 5.17. The maximum absolute atomic E-state index is 12.2. The smallest absolute Gasteiger partial charge is 0.308 e. The van der Waals surface area contributed by atoms with Crippen molar-refractivity contribution in [1.82, 2.24) is 4.90 Å². The number of carbonyl (C=O) groups is 2. The summed E-state index contributed by atoms with van der Waals surface area (Å²) in [6.45, 7) is 2.55. The number of amides is 1.